The molecule has 174 valence electrons. The number of hydrogen-bond acceptors (Lipinski definition) is 5. The lowest BCUT2D eigenvalue weighted by Gasteiger charge is -2.24. The average molecular weight is 474 g/mol. The summed E-state index contributed by atoms with van der Waals surface area (Å²) in [5, 5.41) is 15.9. The molecule has 1 heterocycles. The van der Waals surface area contributed by atoms with Gasteiger partial charge in [0.2, 0.25) is 0 Å². The van der Waals surface area contributed by atoms with Crippen LogP contribution in [0.4, 0.5) is 5.69 Å². The normalized spacial score (nSPS) is 12.0. The molecule has 3 aromatic carbocycles. The number of fused-ring (bicyclic) bond motifs is 1. The van der Waals surface area contributed by atoms with Crippen molar-refractivity contribution in [3.63, 3.8) is 0 Å². The minimum absolute atomic E-state index is 0.0969. The number of anilines is 1. The largest absolute Gasteiger partial charge is 0.481 e. The van der Waals surface area contributed by atoms with E-state index in [4.69, 9.17) is 10.1 Å². The maximum atomic E-state index is 12.2. The molecule has 4 rings (SSSR count). The van der Waals surface area contributed by atoms with Gasteiger partial charge >= 0.3 is 5.97 Å². The molecule has 1 aromatic heterocycles. The summed E-state index contributed by atoms with van der Waals surface area (Å²) < 4.78 is 1.18. The number of nitrogens with zero attached hydrogens (tertiary/aromatic N) is 1. The molecule has 7 heteroatoms. The van der Waals surface area contributed by atoms with Gasteiger partial charge in [-0.15, -0.1) is 11.3 Å². The second-order valence-electron chi connectivity index (χ2n) is 8.45. The highest BCUT2D eigenvalue weighted by Crippen LogP contribution is 2.32. The highest BCUT2D eigenvalue weighted by molar-refractivity contribution is 7.21. The second kappa shape index (κ2) is 10.5. The summed E-state index contributed by atoms with van der Waals surface area (Å²) in [5.41, 5.74) is 4.71. The number of aromatic nitrogens is 1. The number of carbonyl (C=O) groups is 2. The van der Waals surface area contributed by atoms with Gasteiger partial charge in [-0.1, -0.05) is 50.2 Å². The lowest BCUT2D eigenvalue weighted by atomic mass is 9.95. The lowest BCUT2D eigenvalue weighted by molar-refractivity contribution is -0.136. The van der Waals surface area contributed by atoms with Crippen LogP contribution in [0.15, 0.2) is 72.8 Å². The number of carbonyl (C=O) groups excluding carboxylic acids is 1. The topological polar surface area (TPSA) is 91.3 Å². The van der Waals surface area contributed by atoms with Crippen molar-refractivity contribution in [3.8, 4) is 10.6 Å². The molecule has 0 fully saturated rings. The third kappa shape index (κ3) is 5.61. The fourth-order valence-electron chi connectivity index (χ4n) is 3.75. The number of aliphatic carboxylic acids is 1. The Balaban J connectivity index is 1.45. The van der Waals surface area contributed by atoms with Crippen LogP contribution in [0.25, 0.3) is 20.8 Å². The van der Waals surface area contributed by atoms with Gasteiger partial charge in [-0.25, -0.2) is 4.98 Å². The number of benzene rings is 3. The zero-order chi connectivity index (χ0) is 24.1. The molecule has 6 nitrogen and oxygen atoms in total. The van der Waals surface area contributed by atoms with Crippen LogP contribution in [0.3, 0.4) is 0 Å². The molecule has 0 unspecified atom stereocenters. The van der Waals surface area contributed by atoms with Gasteiger partial charge in [0.25, 0.3) is 5.91 Å². The first-order valence-corrected chi connectivity index (χ1v) is 12.0. The highest BCUT2D eigenvalue weighted by Gasteiger charge is 2.17. The van der Waals surface area contributed by atoms with Crippen molar-refractivity contribution < 1.29 is 14.7 Å². The number of rotatable bonds is 9. The molecule has 4 aromatic rings. The van der Waals surface area contributed by atoms with Crippen LogP contribution in [-0.2, 0) is 4.79 Å². The van der Waals surface area contributed by atoms with Crippen LogP contribution < -0.4 is 10.6 Å². The molecule has 0 bridgehead atoms. The molecule has 34 heavy (non-hydrogen) atoms. The van der Waals surface area contributed by atoms with E-state index in [1.807, 2.05) is 30.3 Å². The van der Waals surface area contributed by atoms with Crippen LogP contribution >= 0.6 is 11.3 Å². The smallest absolute Gasteiger partial charge is 0.305 e. The monoisotopic (exact) mass is 473 g/mol. The van der Waals surface area contributed by atoms with E-state index in [0.717, 1.165) is 21.8 Å². The van der Waals surface area contributed by atoms with Crippen LogP contribution in [0.5, 0.6) is 0 Å². The molecule has 0 saturated carbocycles. The third-order valence-corrected chi connectivity index (χ3v) is 6.66. The lowest BCUT2D eigenvalue weighted by Crippen LogP contribution is -2.26. The Labute approximate surface area is 202 Å². The van der Waals surface area contributed by atoms with E-state index in [9.17, 15) is 9.59 Å². The molecule has 0 aliphatic carbocycles. The van der Waals surface area contributed by atoms with Crippen molar-refractivity contribution in [2.45, 2.75) is 26.3 Å². The van der Waals surface area contributed by atoms with Gasteiger partial charge in [-0.2, -0.15) is 0 Å². The maximum absolute atomic E-state index is 12.2. The van der Waals surface area contributed by atoms with Gasteiger partial charge in [-0.3, -0.25) is 9.59 Å². The number of para-hydroxylation sites is 1. The quantitative estimate of drug-likeness (QED) is 0.278. The molecule has 0 radical (unpaired) electrons. The van der Waals surface area contributed by atoms with Gasteiger partial charge in [-0.05, 0) is 47.9 Å². The fourth-order valence-corrected chi connectivity index (χ4v) is 4.72. The summed E-state index contributed by atoms with van der Waals surface area (Å²) in [6.07, 6.45) is -0.0980. The standard InChI is InChI=1S/C27H27N3O3S/c1-17(2)25(29-21-13-11-19(12-14-21)26(33)28-16-15-24(31)32)18-7-9-20(10-8-18)27-30-22-5-3-4-6-23(22)34-27/h3-14,17,25,29H,15-16H2,1-2H3,(H,28,33)(H,31,32)/t25-/m0/s1. The first-order chi connectivity index (χ1) is 16.4. The predicted molar refractivity (Wildman–Crippen MR) is 137 cm³/mol. The van der Waals surface area contributed by atoms with Crippen molar-refractivity contribution in [3.05, 3.63) is 83.9 Å². The summed E-state index contributed by atoms with van der Waals surface area (Å²) in [4.78, 5) is 27.5. The Morgan fingerprint density at radius 2 is 1.68 bits per heavy atom. The molecule has 0 aliphatic rings. The van der Waals surface area contributed by atoms with E-state index < -0.39 is 5.97 Å². The van der Waals surface area contributed by atoms with E-state index in [-0.39, 0.29) is 24.9 Å². The summed E-state index contributed by atoms with van der Waals surface area (Å²) in [6, 6.07) is 24.0. The van der Waals surface area contributed by atoms with Crippen LogP contribution in [0, 0.1) is 5.92 Å². The fraction of sp³-hybridized carbons (Fsp3) is 0.222. The van der Waals surface area contributed by atoms with E-state index in [1.165, 1.54) is 10.3 Å². The van der Waals surface area contributed by atoms with Gasteiger partial charge in [0.1, 0.15) is 5.01 Å². The number of carboxylic acid groups (broad SMARTS) is 1. The average Bonchev–Trinajstić information content (AvgIpc) is 3.27. The Morgan fingerprint density at radius 3 is 2.32 bits per heavy atom. The number of carboxylic acids is 1. The summed E-state index contributed by atoms with van der Waals surface area (Å²) in [6.45, 7) is 4.45. The SMILES string of the molecule is CC(C)[C@H](Nc1ccc(C(=O)NCCC(=O)O)cc1)c1ccc(-c2nc3ccccc3s2)cc1. The molecule has 1 amide bonds. The minimum atomic E-state index is -0.937. The van der Waals surface area contributed by atoms with Crippen molar-refractivity contribution >= 4 is 39.1 Å². The molecule has 1 atom stereocenters. The first kappa shape index (κ1) is 23.4. The Bertz CT molecular complexity index is 1250. The highest BCUT2D eigenvalue weighted by atomic mass is 32.1. The van der Waals surface area contributed by atoms with Crippen molar-refractivity contribution in [1.82, 2.24) is 10.3 Å². The Hall–Kier alpha value is -3.71. The third-order valence-electron chi connectivity index (χ3n) is 5.57. The number of amides is 1. The maximum Gasteiger partial charge on any atom is 0.305 e. The van der Waals surface area contributed by atoms with E-state index in [1.54, 1.807) is 23.5 Å². The molecular weight excluding hydrogens is 446 g/mol. The molecule has 3 N–H and O–H groups in total. The summed E-state index contributed by atoms with van der Waals surface area (Å²) in [5.74, 6) is -0.876. The Kier molecular flexibility index (Phi) is 7.23. The van der Waals surface area contributed by atoms with Gasteiger partial charge in [0.05, 0.1) is 22.7 Å². The number of hydrogen-bond donors (Lipinski definition) is 3. The van der Waals surface area contributed by atoms with Gasteiger partial charge in [0.15, 0.2) is 0 Å². The van der Waals surface area contributed by atoms with Gasteiger partial charge in [0, 0.05) is 23.4 Å². The van der Waals surface area contributed by atoms with E-state index >= 15 is 0 Å². The van der Waals surface area contributed by atoms with E-state index in [2.05, 4.69) is 54.8 Å². The van der Waals surface area contributed by atoms with Crippen molar-refractivity contribution in [1.29, 1.82) is 0 Å². The zero-order valence-electron chi connectivity index (χ0n) is 19.1. The zero-order valence-corrected chi connectivity index (χ0v) is 19.9. The molecule has 0 saturated heterocycles. The molecular formula is C27H27N3O3S. The Morgan fingerprint density at radius 1 is 0.971 bits per heavy atom. The van der Waals surface area contributed by atoms with Crippen LogP contribution in [-0.4, -0.2) is 28.5 Å². The summed E-state index contributed by atoms with van der Waals surface area (Å²) in [7, 11) is 0. The number of nitrogens with one attached hydrogen (secondary N) is 2. The second-order valence-corrected chi connectivity index (χ2v) is 9.48. The first-order valence-electron chi connectivity index (χ1n) is 11.2. The minimum Gasteiger partial charge on any atom is -0.481 e. The summed E-state index contributed by atoms with van der Waals surface area (Å²) >= 11 is 1.69. The predicted octanol–water partition coefficient (Wildman–Crippen LogP) is 5.98. The molecule has 0 spiro atoms. The molecule has 0 aliphatic heterocycles. The van der Waals surface area contributed by atoms with E-state index in [0.29, 0.717) is 11.5 Å². The van der Waals surface area contributed by atoms with Crippen molar-refractivity contribution in [2.75, 3.05) is 11.9 Å². The van der Waals surface area contributed by atoms with Crippen LogP contribution in [0.2, 0.25) is 0 Å². The van der Waals surface area contributed by atoms with Crippen LogP contribution in [0.1, 0.15) is 42.2 Å². The van der Waals surface area contributed by atoms with Crippen molar-refractivity contribution in [2.24, 2.45) is 5.92 Å². The van der Waals surface area contributed by atoms with Gasteiger partial charge < -0.3 is 15.7 Å². The number of thiazole rings is 1.